The molecule has 0 fully saturated rings. The first-order valence-electron chi connectivity index (χ1n) is 5.29. The number of rotatable bonds is 7. The Morgan fingerprint density at radius 1 is 1.38 bits per heavy atom. The van der Waals surface area contributed by atoms with Crippen LogP contribution in [0.4, 0.5) is 0 Å². The summed E-state index contributed by atoms with van der Waals surface area (Å²) in [6.07, 6.45) is 0. The first-order valence-corrected chi connectivity index (χ1v) is 6.44. The van der Waals surface area contributed by atoms with Crippen molar-refractivity contribution < 1.29 is 9.84 Å². The molecule has 16 heavy (non-hydrogen) atoms. The van der Waals surface area contributed by atoms with Crippen molar-refractivity contribution in [2.45, 2.75) is 11.8 Å². The third-order valence-electron chi connectivity index (χ3n) is 2.38. The van der Waals surface area contributed by atoms with E-state index in [1.54, 1.807) is 7.11 Å². The molecule has 0 spiro atoms. The van der Waals surface area contributed by atoms with Crippen molar-refractivity contribution in [1.29, 1.82) is 0 Å². The van der Waals surface area contributed by atoms with Crippen LogP contribution in [-0.2, 0) is 5.75 Å². The van der Waals surface area contributed by atoms with Crippen LogP contribution in [0.5, 0.6) is 5.75 Å². The van der Waals surface area contributed by atoms with Gasteiger partial charge in [-0.1, -0.05) is 12.1 Å². The molecular formula is C12H19NO2S. The van der Waals surface area contributed by atoms with Crippen LogP contribution in [0.25, 0.3) is 0 Å². The minimum absolute atomic E-state index is 0.184. The monoisotopic (exact) mass is 241 g/mol. The number of hydrogen-bond acceptors (Lipinski definition) is 4. The molecule has 3 nitrogen and oxygen atoms in total. The Labute approximate surface area is 101 Å². The molecule has 0 saturated heterocycles. The summed E-state index contributed by atoms with van der Waals surface area (Å²) in [5.41, 5.74) is 1.28. The van der Waals surface area contributed by atoms with E-state index < -0.39 is 0 Å². The van der Waals surface area contributed by atoms with Gasteiger partial charge in [-0.3, -0.25) is 0 Å². The Morgan fingerprint density at radius 2 is 2.06 bits per heavy atom. The first-order chi connectivity index (χ1) is 7.80. The number of ether oxygens (including phenoxy) is 1. The molecular weight excluding hydrogens is 222 g/mol. The van der Waals surface area contributed by atoms with Crippen LogP contribution in [0.15, 0.2) is 24.3 Å². The molecule has 0 saturated carbocycles. The van der Waals surface area contributed by atoms with Crippen LogP contribution < -0.4 is 10.1 Å². The Kier molecular flexibility index (Phi) is 6.30. The number of likely N-dealkylation sites (N-methyl/N-ethyl adjacent to an activating group) is 1. The molecule has 0 heterocycles. The quantitative estimate of drug-likeness (QED) is 0.759. The highest BCUT2D eigenvalue weighted by atomic mass is 32.2. The molecule has 0 aliphatic rings. The van der Waals surface area contributed by atoms with E-state index >= 15 is 0 Å². The molecule has 1 aromatic rings. The molecule has 0 radical (unpaired) electrons. The van der Waals surface area contributed by atoms with Gasteiger partial charge in [-0.15, -0.1) is 0 Å². The van der Waals surface area contributed by atoms with Gasteiger partial charge in [-0.25, -0.2) is 0 Å². The highest BCUT2D eigenvalue weighted by molar-refractivity contribution is 7.98. The van der Waals surface area contributed by atoms with E-state index in [1.165, 1.54) is 5.56 Å². The van der Waals surface area contributed by atoms with Gasteiger partial charge >= 0.3 is 0 Å². The Hall–Kier alpha value is -0.710. The summed E-state index contributed by atoms with van der Waals surface area (Å²) in [7, 11) is 3.54. The number of aliphatic hydroxyl groups is 1. The lowest BCUT2D eigenvalue weighted by Crippen LogP contribution is -2.31. The Morgan fingerprint density at radius 3 is 2.56 bits per heavy atom. The largest absolute Gasteiger partial charge is 0.497 e. The van der Waals surface area contributed by atoms with Crippen LogP contribution in [-0.4, -0.2) is 37.7 Å². The van der Waals surface area contributed by atoms with Crippen molar-refractivity contribution in [2.24, 2.45) is 0 Å². The summed E-state index contributed by atoms with van der Waals surface area (Å²) in [6.45, 7) is 0.187. The Balaban J connectivity index is 2.31. The van der Waals surface area contributed by atoms with E-state index in [1.807, 2.05) is 30.9 Å². The van der Waals surface area contributed by atoms with Gasteiger partial charge in [0.05, 0.1) is 13.7 Å². The maximum Gasteiger partial charge on any atom is 0.118 e. The number of aliphatic hydroxyl groups excluding tert-OH is 1. The molecule has 0 amide bonds. The maximum atomic E-state index is 9.00. The number of nitrogens with one attached hydrogen (secondary N) is 1. The summed E-state index contributed by atoms with van der Waals surface area (Å²) < 4.78 is 5.10. The van der Waals surface area contributed by atoms with Crippen molar-refractivity contribution in [2.75, 3.05) is 26.5 Å². The number of hydrogen-bond donors (Lipinski definition) is 2. The fourth-order valence-corrected chi connectivity index (χ4v) is 2.37. The number of thioether (sulfide) groups is 1. The third-order valence-corrected chi connectivity index (χ3v) is 3.55. The second kappa shape index (κ2) is 7.54. The van der Waals surface area contributed by atoms with E-state index in [-0.39, 0.29) is 12.6 Å². The maximum absolute atomic E-state index is 9.00. The lowest BCUT2D eigenvalue weighted by molar-refractivity contribution is 0.260. The zero-order valence-electron chi connectivity index (χ0n) is 9.77. The topological polar surface area (TPSA) is 41.5 Å². The summed E-state index contributed by atoms with van der Waals surface area (Å²) in [4.78, 5) is 0. The number of benzene rings is 1. The highest BCUT2D eigenvalue weighted by Crippen LogP contribution is 2.16. The van der Waals surface area contributed by atoms with Crippen molar-refractivity contribution >= 4 is 11.8 Å². The molecule has 90 valence electrons. The van der Waals surface area contributed by atoms with Crippen LogP contribution in [0.2, 0.25) is 0 Å². The summed E-state index contributed by atoms with van der Waals surface area (Å²) >= 11 is 1.81. The highest BCUT2D eigenvalue weighted by Gasteiger charge is 2.03. The zero-order valence-corrected chi connectivity index (χ0v) is 10.6. The molecule has 0 unspecified atom stereocenters. The summed E-state index contributed by atoms with van der Waals surface area (Å²) in [5.74, 6) is 2.76. The van der Waals surface area contributed by atoms with E-state index in [4.69, 9.17) is 9.84 Å². The molecule has 0 aliphatic heterocycles. The summed E-state index contributed by atoms with van der Waals surface area (Å²) in [6, 6.07) is 8.26. The van der Waals surface area contributed by atoms with Crippen molar-refractivity contribution in [3.8, 4) is 5.75 Å². The van der Waals surface area contributed by atoms with E-state index in [0.29, 0.717) is 0 Å². The predicted octanol–water partition coefficient (Wildman–Crippen LogP) is 1.51. The van der Waals surface area contributed by atoms with E-state index in [0.717, 1.165) is 17.3 Å². The fraction of sp³-hybridized carbons (Fsp3) is 0.500. The number of methoxy groups -OCH3 is 1. The molecule has 0 aromatic heterocycles. The average molecular weight is 241 g/mol. The first kappa shape index (κ1) is 13.4. The van der Waals surface area contributed by atoms with Gasteiger partial charge in [0.1, 0.15) is 5.75 Å². The van der Waals surface area contributed by atoms with Gasteiger partial charge in [0.2, 0.25) is 0 Å². The average Bonchev–Trinajstić information content (AvgIpc) is 2.35. The van der Waals surface area contributed by atoms with Gasteiger partial charge in [0.25, 0.3) is 0 Å². The molecule has 1 aromatic carbocycles. The van der Waals surface area contributed by atoms with Crippen LogP contribution in [0.3, 0.4) is 0 Å². The van der Waals surface area contributed by atoms with Gasteiger partial charge in [0.15, 0.2) is 0 Å². The van der Waals surface area contributed by atoms with Gasteiger partial charge < -0.3 is 15.2 Å². The van der Waals surface area contributed by atoms with Gasteiger partial charge in [0, 0.05) is 17.5 Å². The Bertz CT molecular complexity index is 286. The summed E-state index contributed by atoms with van der Waals surface area (Å²) in [5, 5.41) is 12.1. The molecule has 1 rings (SSSR count). The van der Waals surface area contributed by atoms with Crippen LogP contribution >= 0.6 is 11.8 Å². The minimum Gasteiger partial charge on any atom is -0.497 e. The molecule has 0 bridgehead atoms. The lowest BCUT2D eigenvalue weighted by Gasteiger charge is -2.12. The normalized spacial score (nSPS) is 12.4. The fourth-order valence-electron chi connectivity index (χ4n) is 1.27. The zero-order chi connectivity index (χ0) is 11.8. The second-order valence-electron chi connectivity index (χ2n) is 3.53. The van der Waals surface area contributed by atoms with Gasteiger partial charge in [-0.2, -0.15) is 11.8 Å². The predicted molar refractivity (Wildman–Crippen MR) is 69.1 cm³/mol. The van der Waals surface area contributed by atoms with Crippen LogP contribution in [0.1, 0.15) is 5.56 Å². The van der Waals surface area contributed by atoms with E-state index in [2.05, 4.69) is 17.4 Å². The molecule has 0 aliphatic carbocycles. The van der Waals surface area contributed by atoms with Crippen LogP contribution in [0, 0.1) is 0 Å². The minimum atomic E-state index is 0.184. The SMILES string of the molecule is CN[C@H](CO)CSCc1ccc(OC)cc1. The van der Waals surface area contributed by atoms with Crippen molar-refractivity contribution in [3.63, 3.8) is 0 Å². The molecule has 2 N–H and O–H groups in total. The van der Waals surface area contributed by atoms with Crippen molar-refractivity contribution in [3.05, 3.63) is 29.8 Å². The smallest absolute Gasteiger partial charge is 0.118 e. The van der Waals surface area contributed by atoms with Crippen molar-refractivity contribution in [1.82, 2.24) is 5.32 Å². The van der Waals surface area contributed by atoms with E-state index in [9.17, 15) is 0 Å². The second-order valence-corrected chi connectivity index (χ2v) is 4.56. The molecule has 1 atom stereocenters. The van der Waals surface area contributed by atoms with Gasteiger partial charge in [-0.05, 0) is 24.7 Å². The standard InChI is InChI=1S/C12H19NO2S/c1-13-11(7-14)9-16-8-10-3-5-12(15-2)6-4-10/h3-6,11,13-14H,7-9H2,1-2H3/t11-/m1/s1. The molecule has 4 heteroatoms. The lowest BCUT2D eigenvalue weighted by atomic mass is 10.2. The third kappa shape index (κ3) is 4.43.